The van der Waals surface area contributed by atoms with E-state index in [9.17, 15) is 0 Å². The maximum atomic E-state index is 2.62. The van der Waals surface area contributed by atoms with Gasteiger partial charge in [-0.25, -0.2) is 0 Å². The molecule has 0 atom stereocenters. The van der Waals surface area contributed by atoms with Gasteiger partial charge in [0, 0.05) is 32.4 Å². The predicted octanol–water partition coefficient (Wildman–Crippen LogP) is 17.9. The Bertz CT molecular complexity index is 3400. The summed E-state index contributed by atoms with van der Waals surface area (Å²) in [5.41, 5.74) is 16.9. The summed E-state index contributed by atoms with van der Waals surface area (Å²) in [6, 6.07) is 81.4. The van der Waals surface area contributed by atoms with Gasteiger partial charge < -0.3 is 9.80 Å². The van der Waals surface area contributed by atoms with Gasteiger partial charge in [-0.3, -0.25) is 0 Å². The van der Waals surface area contributed by atoms with E-state index in [0.29, 0.717) is 0 Å². The molecular weight excluding hydrogens is 797 g/mol. The van der Waals surface area contributed by atoms with Crippen LogP contribution in [0.3, 0.4) is 0 Å². The van der Waals surface area contributed by atoms with Crippen LogP contribution in [0.4, 0.5) is 34.1 Å². The van der Waals surface area contributed by atoms with Crippen molar-refractivity contribution in [2.75, 3.05) is 9.80 Å². The van der Waals surface area contributed by atoms with Gasteiger partial charge in [0.25, 0.3) is 0 Å². The fraction of sp³-hybridized carbons (Fsp3) is 0.0938. The zero-order chi connectivity index (χ0) is 44.3. The van der Waals surface area contributed by atoms with Gasteiger partial charge in [-0.2, -0.15) is 0 Å². The minimum Gasteiger partial charge on any atom is -0.309 e. The molecule has 2 aliphatic rings. The van der Waals surface area contributed by atoms with Crippen molar-refractivity contribution in [1.82, 2.24) is 0 Å². The van der Waals surface area contributed by atoms with Crippen molar-refractivity contribution in [2.45, 2.75) is 38.5 Å². The quantitative estimate of drug-likeness (QED) is 0.163. The van der Waals surface area contributed by atoms with Crippen LogP contribution in [-0.2, 0) is 10.8 Å². The van der Waals surface area contributed by atoms with Gasteiger partial charge in [0.1, 0.15) is 0 Å². The maximum absolute atomic E-state index is 2.62. The highest BCUT2D eigenvalue weighted by Gasteiger charge is 2.44. The summed E-state index contributed by atoms with van der Waals surface area (Å²) in [4.78, 5) is 5.24. The fourth-order valence-corrected chi connectivity index (χ4v) is 11.9. The SMILES string of the molecule is CC1(C)c2ccccc2N(c2c3ccccc3c(-c3ccccc3)c3ccccc23)c2cc3c(cc21)N(c1c2ccccc2c(-c2ccccc2)c2ccccc12)c1ccccc1C3(C)C. The summed E-state index contributed by atoms with van der Waals surface area (Å²) in [5.74, 6) is 0. The zero-order valence-electron chi connectivity index (χ0n) is 37.7. The van der Waals surface area contributed by atoms with Crippen molar-refractivity contribution in [3.8, 4) is 22.3 Å². The molecule has 0 spiro atoms. The van der Waals surface area contributed by atoms with E-state index in [1.807, 2.05) is 0 Å². The Morgan fingerprint density at radius 3 is 0.864 bits per heavy atom. The fourth-order valence-electron chi connectivity index (χ4n) is 11.9. The lowest BCUT2D eigenvalue weighted by atomic mass is 9.68. The van der Waals surface area contributed by atoms with Crippen LogP contribution in [0.15, 0.2) is 218 Å². The van der Waals surface area contributed by atoms with Gasteiger partial charge in [-0.1, -0.05) is 222 Å². The molecule has 66 heavy (non-hydrogen) atoms. The molecule has 0 saturated heterocycles. The molecule has 0 N–H and O–H groups in total. The third-order valence-electron chi connectivity index (χ3n) is 15.0. The number of para-hydroxylation sites is 2. The molecular formula is C64H48N2. The van der Waals surface area contributed by atoms with Crippen LogP contribution in [0.1, 0.15) is 49.9 Å². The van der Waals surface area contributed by atoms with Crippen LogP contribution in [0.25, 0.3) is 65.3 Å². The van der Waals surface area contributed by atoms with Gasteiger partial charge >= 0.3 is 0 Å². The highest BCUT2D eigenvalue weighted by atomic mass is 15.2. The highest BCUT2D eigenvalue weighted by Crippen LogP contribution is 2.61. The van der Waals surface area contributed by atoms with Crippen LogP contribution in [-0.4, -0.2) is 0 Å². The molecule has 11 aromatic rings. The topological polar surface area (TPSA) is 6.48 Å². The lowest BCUT2D eigenvalue weighted by Gasteiger charge is -2.47. The van der Waals surface area contributed by atoms with Crippen molar-refractivity contribution in [1.29, 1.82) is 0 Å². The Kier molecular flexibility index (Phi) is 8.33. The Labute approximate surface area is 386 Å². The number of anilines is 6. The highest BCUT2D eigenvalue weighted by molar-refractivity contribution is 6.24. The summed E-state index contributed by atoms with van der Waals surface area (Å²) >= 11 is 0. The molecule has 0 bridgehead atoms. The van der Waals surface area contributed by atoms with Gasteiger partial charge in [-0.15, -0.1) is 0 Å². The molecule has 0 radical (unpaired) electrons. The molecule has 0 saturated carbocycles. The third-order valence-corrected chi connectivity index (χ3v) is 15.0. The second kappa shape index (κ2) is 14.3. The Balaban J connectivity index is 1.15. The second-order valence-corrected chi connectivity index (χ2v) is 19.2. The first kappa shape index (κ1) is 38.5. The molecule has 2 heteroatoms. The smallest absolute Gasteiger partial charge is 0.0619 e. The molecule has 2 aliphatic heterocycles. The molecule has 314 valence electrons. The van der Waals surface area contributed by atoms with Crippen molar-refractivity contribution in [3.05, 3.63) is 241 Å². The lowest BCUT2D eigenvalue weighted by molar-refractivity contribution is 0.615. The summed E-state index contributed by atoms with van der Waals surface area (Å²) in [7, 11) is 0. The molecule has 0 unspecified atom stereocenters. The van der Waals surface area contributed by atoms with Crippen LogP contribution in [0.5, 0.6) is 0 Å². The molecule has 0 amide bonds. The second-order valence-electron chi connectivity index (χ2n) is 19.2. The number of fused-ring (bicyclic) bond motifs is 8. The lowest BCUT2D eigenvalue weighted by Crippen LogP contribution is -2.35. The summed E-state index contributed by atoms with van der Waals surface area (Å²) < 4.78 is 0. The number of hydrogen-bond donors (Lipinski definition) is 0. The average molecular weight is 845 g/mol. The largest absolute Gasteiger partial charge is 0.309 e. The predicted molar refractivity (Wildman–Crippen MR) is 281 cm³/mol. The summed E-state index contributed by atoms with van der Waals surface area (Å²) in [6.07, 6.45) is 0. The van der Waals surface area contributed by atoms with Gasteiger partial charge in [0.05, 0.1) is 34.1 Å². The zero-order valence-corrected chi connectivity index (χ0v) is 37.7. The Morgan fingerprint density at radius 1 is 0.258 bits per heavy atom. The molecule has 11 aromatic carbocycles. The molecule has 2 heterocycles. The number of rotatable bonds is 4. The first-order valence-electron chi connectivity index (χ1n) is 23.3. The number of benzene rings is 11. The van der Waals surface area contributed by atoms with E-state index in [-0.39, 0.29) is 10.8 Å². The maximum Gasteiger partial charge on any atom is 0.0619 e. The van der Waals surface area contributed by atoms with Crippen molar-refractivity contribution >= 4 is 77.2 Å². The van der Waals surface area contributed by atoms with Crippen LogP contribution < -0.4 is 9.80 Å². The number of hydrogen-bond acceptors (Lipinski definition) is 2. The van der Waals surface area contributed by atoms with E-state index in [4.69, 9.17) is 0 Å². The van der Waals surface area contributed by atoms with E-state index >= 15 is 0 Å². The molecule has 2 nitrogen and oxygen atoms in total. The van der Waals surface area contributed by atoms with E-state index in [1.54, 1.807) is 0 Å². The minimum atomic E-state index is -0.332. The van der Waals surface area contributed by atoms with Gasteiger partial charge in [0.2, 0.25) is 0 Å². The van der Waals surface area contributed by atoms with Gasteiger partial charge in [0.15, 0.2) is 0 Å². The van der Waals surface area contributed by atoms with Crippen molar-refractivity contribution < 1.29 is 0 Å². The van der Waals surface area contributed by atoms with Crippen molar-refractivity contribution in [2.24, 2.45) is 0 Å². The summed E-state index contributed by atoms with van der Waals surface area (Å²) in [5, 5.41) is 9.92. The van der Waals surface area contributed by atoms with E-state index in [0.717, 1.165) is 0 Å². The summed E-state index contributed by atoms with van der Waals surface area (Å²) in [6.45, 7) is 9.70. The number of nitrogens with zero attached hydrogens (tertiary/aromatic N) is 2. The minimum absolute atomic E-state index is 0.332. The first-order chi connectivity index (χ1) is 32.3. The van der Waals surface area contributed by atoms with E-state index in [2.05, 4.69) is 256 Å². The Hall–Kier alpha value is -7.94. The van der Waals surface area contributed by atoms with Crippen LogP contribution in [0, 0.1) is 0 Å². The normalized spacial score (nSPS) is 14.5. The molecule has 13 rings (SSSR count). The monoisotopic (exact) mass is 844 g/mol. The van der Waals surface area contributed by atoms with Gasteiger partial charge in [-0.05, 0) is 90.3 Å². The molecule has 0 aliphatic carbocycles. The van der Waals surface area contributed by atoms with E-state index < -0.39 is 0 Å². The van der Waals surface area contributed by atoms with E-state index in [1.165, 1.54) is 122 Å². The standard InChI is InChI=1S/C64H48N2/c1-63(2)51-35-19-21-37-55(51)65(61-47-31-15-11-27-43(47)59(41-23-7-5-8-24-41)44-28-12-16-32-48(44)61)57-40-54-58(39-53(57)63)66(56-38-22-20-36-52(56)64(54,3)4)62-49-33-17-13-29-45(49)60(42-25-9-6-10-26-42)46-30-14-18-34-50(46)62/h5-40H,1-4H3. The molecule has 0 fully saturated rings. The third kappa shape index (κ3) is 5.36. The van der Waals surface area contributed by atoms with Crippen LogP contribution in [0.2, 0.25) is 0 Å². The molecule has 0 aromatic heterocycles. The van der Waals surface area contributed by atoms with Crippen molar-refractivity contribution in [3.63, 3.8) is 0 Å². The first-order valence-corrected chi connectivity index (χ1v) is 23.3. The Morgan fingerprint density at radius 2 is 0.530 bits per heavy atom. The van der Waals surface area contributed by atoms with Crippen LogP contribution >= 0.6 is 0 Å². The average Bonchev–Trinajstić information content (AvgIpc) is 3.36.